The van der Waals surface area contributed by atoms with Gasteiger partial charge in [-0.3, -0.25) is 0 Å². The van der Waals surface area contributed by atoms with Gasteiger partial charge in [0.2, 0.25) is 0 Å². The van der Waals surface area contributed by atoms with Gasteiger partial charge in [0, 0.05) is 17.5 Å². The first kappa shape index (κ1) is 28.0. The minimum Gasteiger partial charge on any atom is -0.497 e. The van der Waals surface area contributed by atoms with Gasteiger partial charge in [0.05, 0.1) is 7.11 Å². The van der Waals surface area contributed by atoms with Crippen LogP contribution >= 0.6 is 0 Å². The number of ether oxygens (including phenoxy) is 1. The second-order valence-corrected chi connectivity index (χ2v) is 9.45. The first-order chi connectivity index (χ1) is 16.7. The lowest BCUT2D eigenvalue weighted by atomic mass is 9.86. The zero-order valence-corrected chi connectivity index (χ0v) is 21.7. The number of methoxy groups -OCH3 is 1. The minimum atomic E-state index is -1.30. The highest BCUT2D eigenvalue weighted by atomic mass is 16.5. The highest BCUT2D eigenvalue weighted by Gasteiger charge is 2.29. The summed E-state index contributed by atoms with van der Waals surface area (Å²) >= 11 is 0. The molecule has 2 rings (SSSR count). The van der Waals surface area contributed by atoms with Crippen LogP contribution in [0.3, 0.4) is 0 Å². The van der Waals surface area contributed by atoms with Gasteiger partial charge >= 0.3 is 0 Å². The Balaban J connectivity index is 1.66. The highest BCUT2D eigenvalue weighted by Crippen LogP contribution is 2.30. The number of rotatable bonds is 17. The van der Waals surface area contributed by atoms with Crippen LogP contribution in [0.15, 0.2) is 54.6 Å². The largest absolute Gasteiger partial charge is 0.497 e. The fraction of sp³-hybridized carbons (Fsp3) is 0.562. The fourth-order valence-electron chi connectivity index (χ4n) is 4.42. The van der Waals surface area contributed by atoms with Gasteiger partial charge in [0.15, 0.2) is 5.60 Å². The van der Waals surface area contributed by atoms with E-state index in [-0.39, 0.29) is 0 Å². The molecule has 2 aromatic carbocycles. The summed E-state index contributed by atoms with van der Waals surface area (Å²) < 4.78 is 5.26. The van der Waals surface area contributed by atoms with Crippen LogP contribution in [-0.2, 0) is 5.60 Å². The van der Waals surface area contributed by atoms with Gasteiger partial charge in [0.1, 0.15) is 5.75 Å². The summed E-state index contributed by atoms with van der Waals surface area (Å²) in [4.78, 5) is 0. The molecule has 0 saturated carbocycles. The Morgan fingerprint density at radius 1 is 0.647 bits per heavy atom. The molecule has 0 bridgehead atoms. The molecule has 0 spiro atoms. The molecule has 0 amide bonds. The molecule has 34 heavy (non-hydrogen) atoms. The first-order valence-electron chi connectivity index (χ1n) is 13.6. The van der Waals surface area contributed by atoms with Crippen molar-refractivity contribution >= 4 is 0 Å². The lowest BCUT2D eigenvalue weighted by Gasteiger charge is -2.23. The van der Waals surface area contributed by atoms with Crippen LogP contribution < -0.4 is 4.74 Å². The van der Waals surface area contributed by atoms with Crippen LogP contribution in [0.1, 0.15) is 114 Å². The molecule has 0 radical (unpaired) electrons. The third kappa shape index (κ3) is 10.4. The van der Waals surface area contributed by atoms with Crippen LogP contribution in [0.2, 0.25) is 0 Å². The Kier molecular flexibility index (Phi) is 14.2. The lowest BCUT2D eigenvalue weighted by molar-refractivity contribution is 0.145. The van der Waals surface area contributed by atoms with Crippen LogP contribution in [0.4, 0.5) is 0 Å². The predicted octanol–water partition coefficient (Wildman–Crippen LogP) is 8.81. The van der Waals surface area contributed by atoms with Crippen LogP contribution in [0, 0.1) is 11.8 Å². The molecule has 0 aliphatic heterocycles. The van der Waals surface area contributed by atoms with Crippen LogP contribution in [0.25, 0.3) is 0 Å². The van der Waals surface area contributed by atoms with Crippen molar-refractivity contribution in [1.82, 2.24) is 0 Å². The standard InChI is InChI=1S/C32H46O2/c1-3-4-5-6-7-8-9-10-11-12-13-14-15-16-17-21-28-32(33,29-22-19-18-20-23-29)30-24-26-31(34-2)27-25-30/h18-20,22-27,33H,3-17H2,1-2H3. The van der Waals surface area contributed by atoms with Gasteiger partial charge in [-0.15, -0.1) is 0 Å². The van der Waals surface area contributed by atoms with E-state index in [1.54, 1.807) is 7.11 Å². The molecule has 1 unspecified atom stereocenters. The Morgan fingerprint density at radius 2 is 1.12 bits per heavy atom. The van der Waals surface area contributed by atoms with E-state index in [2.05, 4.69) is 18.8 Å². The fourth-order valence-corrected chi connectivity index (χ4v) is 4.42. The van der Waals surface area contributed by atoms with E-state index in [0.29, 0.717) is 0 Å². The van der Waals surface area contributed by atoms with E-state index >= 15 is 0 Å². The molecule has 186 valence electrons. The zero-order chi connectivity index (χ0) is 24.3. The summed E-state index contributed by atoms with van der Waals surface area (Å²) in [7, 11) is 1.65. The SMILES string of the molecule is CCCCCCCCCCCCCCCCC#CC(O)(c1ccccc1)c1ccc(OC)cc1. The molecule has 0 saturated heterocycles. The molecule has 2 nitrogen and oxygen atoms in total. The van der Waals surface area contributed by atoms with E-state index in [0.717, 1.165) is 29.7 Å². The first-order valence-corrected chi connectivity index (χ1v) is 13.6. The van der Waals surface area contributed by atoms with E-state index in [1.807, 2.05) is 54.6 Å². The average Bonchev–Trinajstić information content (AvgIpc) is 2.89. The molecule has 1 atom stereocenters. The van der Waals surface area contributed by atoms with Crippen molar-refractivity contribution in [2.45, 2.75) is 109 Å². The summed E-state index contributed by atoms with van der Waals surface area (Å²) in [5.74, 6) is 7.21. The second-order valence-electron chi connectivity index (χ2n) is 9.45. The third-order valence-corrected chi connectivity index (χ3v) is 6.62. The van der Waals surface area contributed by atoms with E-state index in [1.165, 1.54) is 83.5 Å². The van der Waals surface area contributed by atoms with Crippen molar-refractivity contribution in [3.05, 3.63) is 65.7 Å². The average molecular weight is 463 g/mol. The summed E-state index contributed by atoms with van der Waals surface area (Å²) in [6.45, 7) is 2.28. The summed E-state index contributed by atoms with van der Waals surface area (Å²) in [5, 5.41) is 11.5. The monoisotopic (exact) mass is 462 g/mol. The van der Waals surface area contributed by atoms with Gasteiger partial charge in [-0.2, -0.15) is 0 Å². The third-order valence-electron chi connectivity index (χ3n) is 6.62. The normalized spacial score (nSPS) is 12.6. The van der Waals surface area contributed by atoms with E-state index in [4.69, 9.17) is 4.74 Å². The number of hydrogen-bond donors (Lipinski definition) is 1. The molecule has 1 N–H and O–H groups in total. The predicted molar refractivity (Wildman–Crippen MR) is 145 cm³/mol. The van der Waals surface area contributed by atoms with Crippen LogP contribution in [-0.4, -0.2) is 12.2 Å². The Bertz CT molecular complexity index is 816. The molecule has 2 aromatic rings. The van der Waals surface area contributed by atoms with Crippen molar-refractivity contribution in [3.63, 3.8) is 0 Å². The van der Waals surface area contributed by atoms with E-state index < -0.39 is 5.60 Å². The second kappa shape index (κ2) is 17.2. The highest BCUT2D eigenvalue weighted by molar-refractivity contribution is 5.45. The van der Waals surface area contributed by atoms with Crippen molar-refractivity contribution in [2.24, 2.45) is 0 Å². The lowest BCUT2D eigenvalue weighted by Crippen LogP contribution is -2.25. The topological polar surface area (TPSA) is 29.5 Å². The maximum atomic E-state index is 11.5. The summed E-state index contributed by atoms with van der Waals surface area (Å²) in [6.07, 6.45) is 19.8. The zero-order valence-electron chi connectivity index (χ0n) is 21.7. The Morgan fingerprint density at radius 3 is 1.62 bits per heavy atom. The molecular formula is C32H46O2. The van der Waals surface area contributed by atoms with Gasteiger partial charge in [-0.1, -0.05) is 145 Å². The van der Waals surface area contributed by atoms with E-state index in [9.17, 15) is 5.11 Å². The molecule has 2 heteroatoms. The Labute approximate surface area is 209 Å². The molecule has 0 aliphatic rings. The van der Waals surface area contributed by atoms with Gasteiger partial charge in [-0.05, 0) is 18.6 Å². The van der Waals surface area contributed by atoms with Gasteiger partial charge in [0.25, 0.3) is 0 Å². The molecule has 0 aliphatic carbocycles. The van der Waals surface area contributed by atoms with Gasteiger partial charge in [-0.25, -0.2) is 0 Å². The van der Waals surface area contributed by atoms with Gasteiger partial charge < -0.3 is 9.84 Å². The maximum absolute atomic E-state index is 11.5. The molecular weight excluding hydrogens is 416 g/mol. The van der Waals surface area contributed by atoms with Crippen molar-refractivity contribution in [3.8, 4) is 17.6 Å². The summed E-state index contributed by atoms with van der Waals surface area (Å²) in [5.41, 5.74) is 0.269. The van der Waals surface area contributed by atoms with Crippen LogP contribution in [0.5, 0.6) is 5.75 Å². The molecule has 0 aromatic heterocycles. The quantitative estimate of drug-likeness (QED) is 0.188. The summed E-state index contributed by atoms with van der Waals surface area (Å²) in [6, 6.07) is 17.3. The number of hydrogen-bond acceptors (Lipinski definition) is 2. The Hall–Kier alpha value is -2.24. The molecule has 0 fully saturated rings. The number of aliphatic hydroxyl groups is 1. The minimum absolute atomic E-state index is 0.771. The van der Waals surface area contributed by atoms with Crippen molar-refractivity contribution < 1.29 is 9.84 Å². The van der Waals surface area contributed by atoms with Crippen molar-refractivity contribution in [1.29, 1.82) is 0 Å². The number of benzene rings is 2. The number of unbranched alkanes of at least 4 members (excludes halogenated alkanes) is 14. The smallest absolute Gasteiger partial charge is 0.176 e. The molecule has 0 heterocycles. The maximum Gasteiger partial charge on any atom is 0.176 e. The van der Waals surface area contributed by atoms with Crippen molar-refractivity contribution in [2.75, 3.05) is 7.11 Å².